The molecule has 2 heterocycles. The molecular weight excluding hydrogens is 232 g/mol. The molecule has 0 nitrogen and oxygen atoms in total. The molecule has 0 aromatic carbocycles. The number of hydrogen-bond donors (Lipinski definition) is 0. The van der Waals surface area contributed by atoms with Gasteiger partial charge in [0.15, 0.2) is 0 Å². The molecule has 0 radical (unpaired) electrons. The number of fused-ring (bicyclic) bond motifs is 1. The maximum atomic E-state index is 2.39. The Morgan fingerprint density at radius 3 is 2.81 bits per heavy atom. The summed E-state index contributed by atoms with van der Waals surface area (Å²) >= 11 is 3.81. The molecular formula is C14H20S2. The molecule has 1 unspecified atom stereocenters. The van der Waals surface area contributed by atoms with Crippen LogP contribution >= 0.6 is 22.7 Å². The third kappa shape index (κ3) is 2.86. The van der Waals surface area contributed by atoms with Crippen molar-refractivity contribution in [3.8, 4) is 0 Å². The molecule has 0 fully saturated rings. The molecule has 0 aliphatic heterocycles. The van der Waals surface area contributed by atoms with Gasteiger partial charge in [-0.3, -0.25) is 0 Å². The van der Waals surface area contributed by atoms with Crippen molar-refractivity contribution in [2.45, 2.75) is 46.0 Å². The van der Waals surface area contributed by atoms with Crippen LogP contribution in [-0.2, 0) is 6.42 Å². The first-order valence-corrected chi connectivity index (χ1v) is 8.04. The minimum atomic E-state index is 0.895. The lowest BCUT2D eigenvalue weighted by Crippen LogP contribution is -2.01. The van der Waals surface area contributed by atoms with Gasteiger partial charge in [-0.25, -0.2) is 0 Å². The number of thiophene rings is 2. The average molecular weight is 252 g/mol. The Labute approximate surface area is 106 Å². The molecule has 16 heavy (non-hydrogen) atoms. The van der Waals surface area contributed by atoms with Gasteiger partial charge in [-0.2, -0.15) is 11.3 Å². The molecule has 0 spiro atoms. The second kappa shape index (κ2) is 5.83. The fourth-order valence-corrected chi connectivity index (χ4v) is 4.28. The van der Waals surface area contributed by atoms with Gasteiger partial charge in [0.1, 0.15) is 0 Å². The Balaban J connectivity index is 1.99. The van der Waals surface area contributed by atoms with Crippen molar-refractivity contribution in [1.82, 2.24) is 0 Å². The van der Waals surface area contributed by atoms with E-state index in [4.69, 9.17) is 0 Å². The maximum Gasteiger partial charge on any atom is 0.0452 e. The molecule has 0 aliphatic rings. The summed E-state index contributed by atoms with van der Waals surface area (Å²) in [6.07, 6.45) is 6.73. The van der Waals surface area contributed by atoms with Crippen molar-refractivity contribution in [3.05, 3.63) is 21.7 Å². The van der Waals surface area contributed by atoms with E-state index in [9.17, 15) is 0 Å². The van der Waals surface area contributed by atoms with Crippen LogP contribution in [0.1, 0.15) is 44.4 Å². The highest BCUT2D eigenvalue weighted by atomic mass is 32.1. The van der Waals surface area contributed by atoms with Crippen LogP contribution in [0.5, 0.6) is 0 Å². The summed E-state index contributed by atoms with van der Waals surface area (Å²) in [5.74, 6) is 0.895. The van der Waals surface area contributed by atoms with Gasteiger partial charge in [-0.1, -0.05) is 39.5 Å². The van der Waals surface area contributed by atoms with E-state index in [1.165, 1.54) is 42.2 Å². The van der Waals surface area contributed by atoms with Crippen molar-refractivity contribution < 1.29 is 0 Å². The quantitative estimate of drug-likeness (QED) is 0.616. The van der Waals surface area contributed by atoms with Crippen LogP contribution in [0.15, 0.2) is 16.8 Å². The van der Waals surface area contributed by atoms with Gasteiger partial charge in [0.05, 0.1) is 0 Å². The monoisotopic (exact) mass is 252 g/mol. The molecule has 0 saturated carbocycles. The lowest BCUT2D eigenvalue weighted by Gasteiger charge is -2.12. The largest absolute Gasteiger partial charge is 0.150 e. The minimum Gasteiger partial charge on any atom is -0.150 e. The van der Waals surface area contributed by atoms with Crippen molar-refractivity contribution in [2.75, 3.05) is 0 Å². The van der Waals surface area contributed by atoms with Crippen LogP contribution in [0.3, 0.4) is 0 Å². The minimum absolute atomic E-state index is 0.895. The number of hydrogen-bond acceptors (Lipinski definition) is 2. The first-order chi connectivity index (χ1) is 7.83. The fraction of sp³-hybridized carbons (Fsp3) is 0.571. The SMILES string of the molecule is CCCCC(CC)Cc1cc2cscc2s1. The molecule has 0 aliphatic carbocycles. The zero-order chi connectivity index (χ0) is 11.4. The summed E-state index contributed by atoms with van der Waals surface area (Å²) in [6.45, 7) is 4.61. The zero-order valence-corrected chi connectivity index (χ0v) is 11.8. The summed E-state index contributed by atoms with van der Waals surface area (Å²) in [6, 6.07) is 2.39. The van der Waals surface area contributed by atoms with E-state index in [-0.39, 0.29) is 0 Å². The van der Waals surface area contributed by atoms with Crippen LogP contribution in [0.2, 0.25) is 0 Å². The Kier molecular flexibility index (Phi) is 4.42. The van der Waals surface area contributed by atoms with Crippen LogP contribution in [0.4, 0.5) is 0 Å². The summed E-state index contributed by atoms with van der Waals surface area (Å²) in [7, 11) is 0. The molecule has 0 bridgehead atoms. The summed E-state index contributed by atoms with van der Waals surface area (Å²) in [4.78, 5) is 1.58. The standard InChI is InChI=1S/C14H20S2/c1-3-5-6-11(4-2)7-13-8-12-9-15-10-14(12)16-13/h8-11H,3-7H2,1-2H3. The van der Waals surface area contributed by atoms with Gasteiger partial charge < -0.3 is 0 Å². The van der Waals surface area contributed by atoms with E-state index in [2.05, 4.69) is 30.7 Å². The highest BCUT2D eigenvalue weighted by Crippen LogP contribution is 2.31. The Bertz CT molecular complexity index is 396. The predicted molar refractivity (Wildman–Crippen MR) is 76.7 cm³/mol. The van der Waals surface area contributed by atoms with Gasteiger partial charge in [0.2, 0.25) is 0 Å². The van der Waals surface area contributed by atoms with E-state index >= 15 is 0 Å². The topological polar surface area (TPSA) is 0 Å². The van der Waals surface area contributed by atoms with E-state index < -0.39 is 0 Å². The lowest BCUT2D eigenvalue weighted by atomic mass is 9.95. The molecule has 0 amide bonds. The molecule has 1 atom stereocenters. The Hall–Kier alpha value is -0.340. The number of rotatable bonds is 6. The third-order valence-electron chi connectivity index (χ3n) is 3.25. The van der Waals surface area contributed by atoms with Gasteiger partial charge in [-0.05, 0) is 23.8 Å². The van der Waals surface area contributed by atoms with Crippen molar-refractivity contribution in [3.63, 3.8) is 0 Å². The van der Waals surface area contributed by atoms with E-state index in [1.807, 2.05) is 22.7 Å². The van der Waals surface area contributed by atoms with Crippen molar-refractivity contribution in [1.29, 1.82) is 0 Å². The van der Waals surface area contributed by atoms with Gasteiger partial charge >= 0.3 is 0 Å². The van der Waals surface area contributed by atoms with E-state index in [1.54, 1.807) is 4.88 Å². The predicted octanol–water partition coefficient (Wildman–Crippen LogP) is 5.72. The number of unbranched alkanes of at least 4 members (excludes halogenated alkanes) is 1. The van der Waals surface area contributed by atoms with Crippen LogP contribution < -0.4 is 0 Å². The third-order valence-corrected chi connectivity index (χ3v) is 5.28. The van der Waals surface area contributed by atoms with Crippen LogP contribution in [0.25, 0.3) is 10.1 Å². The molecule has 2 rings (SSSR count). The summed E-state index contributed by atoms with van der Waals surface area (Å²) < 4.78 is 1.48. The average Bonchev–Trinajstić information content (AvgIpc) is 2.84. The van der Waals surface area contributed by atoms with Crippen molar-refractivity contribution >= 4 is 32.8 Å². The van der Waals surface area contributed by atoms with E-state index in [0.717, 1.165) is 5.92 Å². The molecule has 0 N–H and O–H groups in total. The summed E-state index contributed by atoms with van der Waals surface area (Å²) in [5, 5.41) is 5.99. The van der Waals surface area contributed by atoms with Crippen molar-refractivity contribution in [2.24, 2.45) is 5.92 Å². The zero-order valence-electron chi connectivity index (χ0n) is 10.2. The molecule has 0 saturated heterocycles. The highest BCUT2D eigenvalue weighted by molar-refractivity contribution is 7.22. The first kappa shape index (κ1) is 12.1. The summed E-state index contributed by atoms with van der Waals surface area (Å²) in [5.41, 5.74) is 0. The smallest absolute Gasteiger partial charge is 0.0452 e. The fourth-order valence-electron chi connectivity index (χ4n) is 2.16. The van der Waals surface area contributed by atoms with Crippen LogP contribution in [0, 0.1) is 5.92 Å². The maximum absolute atomic E-state index is 2.39. The Morgan fingerprint density at radius 2 is 2.12 bits per heavy atom. The normalized spacial score (nSPS) is 13.4. The van der Waals surface area contributed by atoms with Gasteiger partial charge in [0, 0.05) is 20.3 Å². The molecule has 2 aromatic rings. The second-order valence-electron chi connectivity index (χ2n) is 4.52. The van der Waals surface area contributed by atoms with Gasteiger partial charge in [-0.15, -0.1) is 11.3 Å². The highest BCUT2D eigenvalue weighted by Gasteiger charge is 2.09. The first-order valence-electron chi connectivity index (χ1n) is 6.28. The molecule has 2 heteroatoms. The Morgan fingerprint density at radius 1 is 1.25 bits per heavy atom. The van der Waals surface area contributed by atoms with E-state index in [0.29, 0.717) is 0 Å². The molecule has 2 aromatic heterocycles. The van der Waals surface area contributed by atoms with Gasteiger partial charge in [0.25, 0.3) is 0 Å². The second-order valence-corrected chi connectivity index (χ2v) is 6.44. The van der Waals surface area contributed by atoms with Crippen LogP contribution in [-0.4, -0.2) is 0 Å². The molecule has 88 valence electrons. The lowest BCUT2D eigenvalue weighted by molar-refractivity contribution is 0.452.